The van der Waals surface area contributed by atoms with Gasteiger partial charge in [-0.3, -0.25) is 0 Å². The van der Waals surface area contributed by atoms with Gasteiger partial charge < -0.3 is 17.0 Å². The molecule has 0 spiro atoms. The Morgan fingerprint density at radius 2 is 2.10 bits per heavy atom. The van der Waals surface area contributed by atoms with E-state index in [0.717, 1.165) is 11.4 Å². The van der Waals surface area contributed by atoms with Gasteiger partial charge in [-0.05, 0) is 13.8 Å². The molecule has 56 valence electrons. The smallest absolute Gasteiger partial charge is 0.493 e. The van der Waals surface area contributed by atoms with Crippen LogP contribution in [0.25, 0.3) is 0 Å². The Labute approximate surface area is 69.3 Å². The predicted octanol–water partition coefficient (Wildman–Crippen LogP) is -3.19. The number of H-pyrrole nitrogens is 2. The molecule has 0 aromatic carbocycles. The Kier molecular flexibility index (Phi) is 3.28. The third-order valence-electron chi connectivity index (χ3n) is 1.05. The fourth-order valence-electron chi connectivity index (χ4n) is 0.786. The summed E-state index contributed by atoms with van der Waals surface area (Å²) in [5.41, 5.74) is 1.63. The first-order valence-electron chi connectivity index (χ1n) is 2.78. The molecule has 2 N–H and O–H groups in total. The molecule has 0 atom stereocenters. The van der Waals surface area contributed by atoms with Crippen LogP contribution in [0.5, 0.6) is 0 Å². The fraction of sp³-hybridized carbons (Fsp3) is 0.333. The third kappa shape index (κ3) is 2.31. The number of rotatable bonds is 0. The van der Waals surface area contributed by atoms with Gasteiger partial charge in [-0.2, -0.15) is 4.79 Å². The number of nitrogens with one attached hydrogen (secondary N) is 2. The number of hydrogen-bond acceptors (Lipinski definition) is 1. The molecule has 0 radical (unpaired) electrons. The second-order valence-electron chi connectivity index (χ2n) is 2.09. The number of aromatic nitrogens is 2. The molecule has 0 aliphatic heterocycles. The summed E-state index contributed by atoms with van der Waals surface area (Å²) < 4.78 is 0. The average Bonchev–Trinajstić information content (AvgIpc) is 1.59. The van der Waals surface area contributed by atoms with E-state index in [1.807, 2.05) is 19.9 Å². The maximum absolute atomic E-state index is 10.6. The first kappa shape index (κ1) is 9.36. The lowest BCUT2D eigenvalue weighted by Crippen LogP contribution is -3.00. The number of aryl methyl sites for hydroxylation is 2. The molecular weight excluding hydrogens is 196 g/mol. The van der Waals surface area contributed by atoms with Crippen molar-refractivity contribution < 1.29 is 22.0 Å². The van der Waals surface area contributed by atoms with Crippen molar-refractivity contribution in [1.29, 1.82) is 0 Å². The average molecular weight is 205 g/mol. The molecule has 4 heteroatoms. The van der Waals surface area contributed by atoms with E-state index in [1.165, 1.54) is 0 Å². The van der Waals surface area contributed by atoms with Gasteiger partial charge in [0.2, 0.25) is 0 Å². The van der Waals surface area contributed by atoms with Crippen LogP contribution in [0.3, 0.4) is 0 Å². The summed E-state index contributed by atoms with van der Waals surface area (Å²) in [5, 5.41) is 0. The predicted molar refractivity (Wildman–Crippen MR) is 33.1 cm³/mol. The Morgan fingerprint density at radius 3 is 2.50 bits per heavy atom. The highest BCUT2D eigenvalue weighted by molar-refractivity contribution is 4.98. The Balaban J connectivity index is 0.000000810. The van der Waals surface area contributed by atoms with Gasteiger partial charge in [0.15, 0.2) is 0 Å². The second kappa shape index (κ2) is 3.51. The summed E-state index contributed by atoms with van der Waals surface area (Å²) in [5.74, 6) is 0. The Morgan fingerprint density at radius 1 is 1.50 bits per heavy atom. The number of hydrogen-bond donors (Lipinski definition) is 1. The molecular formula is C6H9BrN2O. The van der Waals surface area contributed by atoms with E-state index in [1.54, 1.807) is 0 Å². The lowest BCUT2D eigenvalue weighted by Gasteiger charge is -1.84. The van der Waals surface area contributed by atoms with E-state index >= 15 is 0 Å². The van der Waals surface area contributed by atoms with Gasteiger partial charge in [0.05, 0.1) is 0 Å². The maximum Gasteiger partial charge on any atom is 0.493 e. The minimum absolute atomic E-state index is 0. The molecule has 0 aliphatic carbocycles. The lowest BCUT2D eigenvalue weighted by atomic mass is 10.4. The standard InChI is InChI=1S/C6H8N2O.BrH/c1-4-3-5(2)8-6(9)7-4;/h3H,1-2H3,(H,7,8,9);1H. The van der Waals surface area contributed by atoms with Gasteiger partial charge in [-0.15, -0.1) is 0 Å². The molecule has 10 heavy (non-hydrogen) atoms. The summed E-state index contributed by atoms with van der Waals surface area (Å²) in [7, 11) is 0. The second-order valence-corrected chi connectivity index (χ2v) is 2.09. The highest BCUT2D eigenvalue weighted by Gasteiger charge is 1.95. The van der Waals surface area contributed by atoms with Crippen LogP contribution in [0, 0.1) is 13.8 Å². The van der Waals surface area contributed by atoms with Crippen molar-refractivity contribution in [3.8, 4) is 0 Å². The van der Waals surface area contributed by atoms with Crippen molar-refractivity contribution in [2.75, 3.05) is 0 Å². The van der Waals surface area contributed by atoms with E-state index in [2.05, 4.69) is 9.97 Å². The Bertz CT molecular complexity index is 245. The van der Waals surface area contributed by atoms with Gasteiger partial charge in [0.25, 0.3) is 0 Å². The van der Waals surface area contributed by atoms with Crippen LogP contribution in [-0.2, 0) is 0 Å². The van der Waals surface area contributed by atoms with E-state index in [9.17, 15) is 4.79 Å². The quantitative estimate of drug-likeness (QED) is 0.476. The van der Waals surface area contributed by atoms with Gasteiger partial charge in [-0.25, -0.2) is 9.97 Å². The summed E-state index contributed by atoms with van der Waals surface area (Å²) in [4.78, 5) is 15.8. The normalized spacial score (nSPS) is 8.60. The largest absolute Gasteiger partial charge is 1.00 e. The zero-order valence-corrected chi connectivity index (χ0v) is 7.45. The van der Waals surface area contributed by atoms with Gasteiger partial charge in [0.1, 0.15) is 11.4 Å². The van der Waals surface area contributed by atoms with Crippen LogP contribution >= 0.6 is 0 Å². The van der Waals surface area contributed by atoms with Crippen LogP contribution in [0.2, 0.25) is 0 Å². The van der Waals surface area contributed by atoms with Gasteiger partial charge >= 0.3 is 5.69 Å². The lowest BCUT2D eigenvalue weighted by molar-refractivity contribution is -0.411. The third-order valence-corrected chi connectivity index (χ3v) is 1.05. The number of aromatic amines is 2. The molecule has 0 fully saturated rings. The molecule has 0 amide bonds. The van der Waals surface area contributed by atoms with Crippen molar-refractivity contribution >= 4 is 0 Å². The molecule has 0 saturated heterocycles. The maximum atomic E-state index is 10.6. The molecule has 1 rings (SSSR count). The molecule has 0 aliphatic rings. The van der Waals surface area contributed by atoms with Crippen LogP contribution in [-0.4, -0.2) is 4.98 Å². The zero-order chi connectivity index (χ0) is 6.85. The van der Waals surface area contributed by atoms with Crippen molar-refractivity contribution in [2.45, 2.75) is 13.8 Å². The topological polar surface area (TPSA) is 47.0 Å². The van der Waals surface area contributed by atoms with Crippen LogP contribution in [0.15, 0.2) is 10.9 Å². The molecule has 0 unspecified atom stereocenters. The van der Waals surface area contributed by atoms with Crippen molar-refractivity contribution in [3.05, 3.63) is 27.9 Å². The van der Waals surface area contributed by atoms with Gasteiger partial charge in [0, 0.05) is 6.07 Å². The number of halogens is 1. The summed E-state index contributed by atoms with van der Waals surface area (Å²) >= 11 is 0. The monoisotopic (exact) mass is 204 g/mol. The van der Waals surface area contributed by atoms with E-state index in [4.69, 9.17) is 0 Å². The molecule has 0 saturated carbocycles. The van der Waals surface area contributed by atoms with Crippen LogP contribution < -0.4 is 27.7 Å². The Hall–Kier alpha value is -0.640. The van der Waals surface area contributed by atoms with Crippen molar-refractivity contribution in [1.82, 2.24) is 4.98 Å². The van der Waals surface area contributed by atoms with Crippen LogP contribution in [0.4, 0.5) is 0 Å². The zero-order valence-electron chi connectivity index (χ0n) is 5.86. The van der Waals surface area contributed by atoms with Crippen molar-refractivity contribution in [2.24, 2.45) is 0 Å². The van der Waals surface area contributed by atoms with Gasteiger partial charge in [-0.1, -0.05) is 0 Å². The van der Waals surface area contributed by atoms with Crippen molar-refractivity contribution in [3.63, 3.8) is 0 Å². The highest BCUT2D eigenvalue weighted by Crippen LogP contribution is 1.85. The first-order chi connectivity index (χ1) is 4.18. The minimum atomic E-state index is -0.146. The molecule has 0 bridgehead atoms. The van der Waals surface area contributed by atoms with E-state index in [0.29, 0.717) is 0 Å². The van der Waals surface area contributed by atoms with Crippen LogP contribution in [0.1, 0.15) is 11.4 Å². The first-order valence-corrected chi connectivity index (χ1v) is 2.78. The van der Waals surface area contributed by atoms with E-state index < -0.39 is 0 Å². The SMILES string of the molecule is Cc1cc(C)[nH+]c(=O)[nH]1.[Br-]. The summed E-state index contributed by atoms with van der Waals surface area (Å²) in [6.07, 6.45) is 0. The summed E-state index contributed by atoms with van der Waals surface area (Å²) in [6, 6.07) is 1.88. The fourth-order valence-corrected chi connectivity index (χ4v) is 0.786. The molecule has 1 heterocycles. The molecule has 3 nitrogen and oxygen atoms in total. The highest BCUT2D eigenvalue weighted by atomic mass is 79.9. The van der Waals surface area contributed by atoms with E-state index in [-0.39, 0.29) is 22.7 Å². The minimum Gasteiger partial charge on any atom is -1.00 e. The molecule has 1 aromatic heterocycles. The summed E-state index contributed by atoms with van der Waals surface area (Å²) in [6.45, 7) is 3.70. The molecule has 1 aromatic rings.